The van der Waals surface area contributed by atoms with Crippen LogP contribution in [0.5, 0.6) is 0 Å². The number of hydrogen-bond donors (Lipinski definition) is 0. The highest BCUT2D eigenvalue weighted by molar-refractivity contribution is 9.11. The first-order valence-corrected chi connectivity index (χ1v) is 24.7. The lowest BCUT2D eigenvalue weighted by Gasteiger charge is -2.32. The van der Waals surface area contributed by atoms with Crippen LogP contribution in [0.3, 0.4) is 0 Å². The third-order valence-corrected chi connectivity index (χ3v) is 14.4. The van der Waals surface area contributed by atoms with Gasteiger partial charge in [-0.25, -0.2) is 18.7 Å². The molecule has 2 saturated heterocycles. The number of azo groups is 1. The Morgan fingerprint density at radius 2 is 0.814 bits per heavy atom. The second-order valence-corrected chi connectivity index (χ2v) is 21.7. The van der Waals surface area contributed by atoms with Crippen LogP contribution in [0.2, 0.25) is 0 Å². The summed E-state index contributed by atoms with van der Waals surface area (Å²) in [6.07, 6.45) is 0. The summed E-state index contributed by atoms with van der Waals surface area (Å²) < 4.78 is 34.3. The molecule has 0 spiro atoms. The molecule has 23 heteroatoms. The summed E-state index contributed by atoms with van der Waals surface area (Å²) in [5, 5.41) is 39.7. The molecule has 3 aliphatic rings. The van der Waals surface area contributed by atoms with Crippen molar-refractivity contribution in [3.8, 4) is 0 Å². The number of benzene rings is 5. The Bertz CT molecular complexity index is 3340. The number of hydrogen-bond acceptors (Lipinski definition) is 14. The molecule has 12 rings (SSSR count). The molecular formula is C47H53B2Br3N14O4. The van der Waals surface area contributed by atoms with E-state index in [1.165, 1.54) is 5.56 Å². The van der Waals surface area contributed by atoms with Gasteiger partial charge in [-0.3, -0.25) is 0 Å². The van der Waals surface area contributed by atoms with Crippen molar-refractivity contribution in [3.63, 3.8) is 0 Å². The lowest BCUT2D eigenvalue weighted by molar-refractivity contribution is 0.00578. The standard InChI is InChI=1S/2C13H18BN3O2.2C7H6BrN3.C7H5BrN2/c1-12(2)13(3,4)19-14(18-12)9-6-7-11-10(8-9)15-16-17(11)5;1-12(2)13(3,4)19-14(18-12)9-6-7-10-11(8-9)17(5)16-15-10;1-11-7-3-2-5(8)4-6(7)9-10-11;1-11-7-4-5(8)2-3-6(7)9-10-11;8-6-1-2-7-5(3-6)4-9-10-7/h2*6-8H,1-5H3;2*2-4H,1H3;1-3H,4H2. The van der Waals surface area contributed by atoms with Crippen molar-refractivity contribution < 1.29 is 18.6 Å². The molecule has 7 heterocycles. The maximum Gasteiger partial charge on any atom is 0.494 e. The summed E-state index contributed by atoms with van der Waals surface area (Å²) in [6.45, 7) is 17.1. The Morgan fingerprint density at radius 3 is 1.37 bits per heavy atom. The van der Waals surface area contributed by atoms with Crippen LogP contribution in [0.25, 0.3) is 44.1 Å². The molecule has 9 aromatic rings. The fourth-order valence-corrected chi connectivity index (χ4v) is 8.45. The average Bonchev–Trinajstić information content (AvgIpc) is 4.19. The molecule has 0 N–H and O–H groups in total. The summed E-state index contributed by atoms with van der Waals surface area (Å²) in [5.74, 6) is 0. The Balaban J connectivity index is 0.000000121. The summed E-state index contributed by atoms with van der Waals surface area (Å²) >= 11 is 10.1. The highest BCUT2D eigenvalue weighted by atomic mass is 79.9. The molecule has 0 unspecified atom stereocenters. The number of fused-ring (bicyclic) bond motifs is 5. The Kier molecular flexibility index (Phi) is 14.6. The van der Waals surface area contributed by atoms with Crippen LogP contribution < -0.4 is 10.9 Å². The summed E-state index contributed by atoms with van der Waals surface area (Å²) in [6, 6.07) is 29.7. The zero-order valence-electron chi connectivity index (χ0n) is 41.0. The molecule has 2 fully saturated rings. The van der Waals surface area contributed by atoms with Crippen LogP contribution in [0.1, 0.15) is 61.0 Å². The molecule has 70 heavy (non-hydrogen) atoms. The number of nitrogens with zero attached hydrogens (tertiary/aromatic N) is 14. The molecule has 0 atom stereocenters. The molecule has 0 bridgehead atoms. The normalized spacial score (nSPS) is 16.8. The van der Waals surface area contributed by atoms with Gasteiger partial charge in [-0.15, -0.1) is 20.4 Å². The largest absolute Gasteiger partial charge is 0.494 e. The van der Waals surface area contributed by atoms with E-state index in [1.807, 2.05) is 141 Å². The van der Waals surface area contributed by atoms with Crippen molar-refractivity contribution in [2.75, 3.05) is 0 Å². The second kappa shape index (κ2) is 20.1. The first kappa shape index (κ1) is 51.1. The van der Waals surface area contributed by atoms with E-state index in [1.54, 1.807) is 18.7 Å². The van der Waals surface area contributed by atoms with E-state index in [4.69, 9.17) is 18.6 Å². The maximum atomic E-state index is 6.04. The number of aryl methyl sites for hydroxylation is 4. The van der Waals surface area contributed by atoms with Crippen molar-refractivity contribution in [1.29, 1.82) is 0 Å². The Morgan fingerprint density at radius 1 is 0.429 bits per heavy atom. The van der Waals surface area contributed by atoms with E-state index in [2.05, 4.69) is 133 Å². The highest BCUT2D eigenvalue weighted by Gasteiger charge is 2.52. The van der Waals surface area contributed by atoms with Crippen LogP contribution in [0.15, 0.2) is 115 Å². The van der Waals surface area contributed by atoms with E-state index in [-0.39, 0.29) is 36.6 Å². The monoisotopic (exact) mass is 1140 g/mol. The quantitative estimate of drug-likeness (QED) is 0.150. The molecule has 5 aromatic carbocycles. The van der Waals surface area contributed by atoms with Gasteiger partial charge in [-0.1, -0.05) is 80.8 Å². The van der Waals surface area contributed by atoms with Crippen LogP contribution in [0, 0.1) is 0 Å². The van der Waals surface area contributed by atoms with Crippen LogP contribution >= 0.6 is 47.8 Å². The summed E-state index contributed by atoms with van der Waals surface area (Å²) in [7, 11) is 6.82. The molecule has 0 saturated carbocycles. The molecule has 18 nitrogen and oxygen atoms in total. The lowest BCUT2D eigenvalue weighted by atomic mass is 9.79. The van der Waals surface area contributed by atoms with Crippen molar-refractivity contribution in [2.45, 2.75) is 84.3 Å². The van der Waals surface area contributed by atoms with Gasteiger partial charge in [0, 0.05) is 47.2 Å². The first-order chi connectivity index (χ1) is 33.0. The predicted molar refractivity (Wildman–Crippen MR) is 283 cm³/mol. The Labute approximate surface area is 431 Å². The molecule has 0 amide bonds. The predicted octanol–water partition coefficient (Wildman–Crippen LogP) is 9.04. The Hall–Kier alpha value is -5.29. The van der Waals surface area contributed by atoms with Gasteiger partial charge in [0.25, 0.3) is 0 Å². The van der Waals surface area contributed by atoms with Gasteiger partial charge in [-0.05, 0) is 145 Å². The van der Waals surface area contributed by atoms with E-state index >= 15 is 0 Å². The molecule has 4 aromatic heterocycles. The molecule has 3 aliphatic heterocycles. The lowest BCUT2D eigenvalue weighted by Crippen LogP contribution is -2.41. The maximum absolute atomic E-state index is 6.04. The second-order valence-electron chi connectivity index (χ2n) is 19.0. The van der Waals surface area contributed by atoms with Crippen molar-refractivity contribution in [3.05, 3.63) is 110 Å². The fraction of sp³-hybridized carbons (Fsp3) is 0.362. The summed E-state index contributed by atoms with van der Waals surface area (Å²) in [5.41, 5.74) is 10.5. The van der Waals surface area contributed by atoms with Crippen molar-refractivity contribution in [1.82, 2.24) is 60.0 Å². The van der Waals surface area contributed by atoms with Gasteiger partial charge in [0.1, 0.15) is 22.1 Å². The van der Waals surface area contributed by atoms with E-state index in [9.17, 15) is 0 Å². The topological polar surface area (TPSA) is 184 Å². The fourth-order valence-electron chi connectivity index (χ4n) is 7.34. The highest BCUT2D eigenvalue weighted by Crippen LogP contribution is 2.38. The van der Waals surface area contributed by atoms with Crippen molar-refractivity contribution in [2.24, 2.45) is 38.4 Å². The SMILES string of the molecule is Brc1ccc2c(c1)CN=N2.Cn1nnc2cc(B3OC(C)(C)C(C)(C)O3)ccc21.Cn1nnc2cc(Br)ccc21.Cn1nnc2ccc(B3OC(C)(C)C(C)(C)O3)cc21.Cn1nnc2ccc(Br)cc21. The third-order valence-electron chi connectivity index (χ3n) is 12.9. The first-order valence-electron chi connectivity index (χ1n) is 22.4. The van der Waals surface area contributed by atoms with Gasteiger partial charge < -0.3 is 18.6 Å². The zero-order valence-corrected chi connectivity index (χ0v) is 45.8. The van der Waals surface area contributed by atoms with Crippen LogP contribution in [-0.4, -0.2) is 96.6 Å². The molecular weight excluding hydrogens is 1090 g/mol. The molecule has 0 radical (unpaired) electrons. The van der Waals surface area contributed by atoms with Gasteiger partial charge in [0.15, 0.2) is 0 Å². The van der Waals surface area contributed by atoms with Crippen molar-refractivity contribution >= 4 is 123 Å². The molecule has 0 aliphatic carbocycles. The number of halogens is 3. The number of rotatable bonds is 2. The van der Waals surface area contributed by atoms with Gasteiger partial charge in [-0.2, -0.15) is 10.2 Å². The average molecular weight is 1140 g/mol. The summed E-state index contributed by atoms with van der Waals surface area (Å²) in [4.78, 5) is 0. The van der Waals surface area contributed by atoms with Crippen LogP contribution in [-0.2, 0) is 53.4 Å². The van der Waals surface area contributed by atoms with Gasteiger partial charge in [0.05, 0.1) is 56.7 Å². The third kappa shape index (κ3) is 10.9. The smallest absolute Gasteiger partial charge is 0.399 e. The van der Waals surface area contributed by atoms with Crippen LogP contribution in [0.4, 0.5) is 5.69 Å². The minimum atomic E-state index is -0.351. The van der Waals surface area contributed by atoms with Gasteiger partial charge in [0.2, 0.25) is 0 Å². The minimum absolute atomic E-state index is 0.322. The van der Waals surface area contributed by atoms with Gasteiger partial charge >= 0.3 is 14.2 Å². The van der Waals surface area contributed by atoms with E-state index in [0.717, 1.165) is 80.7 Å². The van der Waals surface area contributed by atoms with E-state index < -0.39 is 0 Å². The van der Waals surface area contributed by atoms with E-state index in [0.29, 0.717) is 0 Å². The number of aromatic nitrogens is 12. The zero-order chi connectivity index (χ0) is 50.3. The minimum Gasteiger partial charge on any atom is -0.399 e. The molecule has 362 valence electrons.